The molecule has 0 spiro atoms. The van der Waals surface area contributed by atoms with Gasteiger partial charge in [0.2, 0.25) is 5.91 Å². The molecule has 0 bridgehead atoms. The first kappa shape index (κ1) is 18.4. The molecule has 0 aromatic heterocycles. The molecular formula is C18H28N4O2. The van der Waals surface area contributed by atoms with E-state index in [0.717, 1.165) is 19.5 Å². The minimum Gasteiger partial charge on any atom is -0.355 e. The van der Waals surface area contributed by atoms with Crippen molar-refractivity contribution < 1.29 is 9.59 Å². The Morgan fingerprint density at radius 1 is 1.38 bits per heavy atom. The van der Waals surface area contributed by atoms with E-state index in [2.05, 4.69) is 29.4 Å². The molecule has 24 heavy (non-hydrogen) atoms. The molecule has 1 aliphatic heterocycles. The van der Waals surface area contributed by atoms with Crippen LogP contribution in [0.3, 0.4) is 0 Å². The fourth-order valence-electron chi connectivity index (χ4n) is 3.04. The summed E-state index contributed by atoms with van der Waals surface area (Å²) in [5, 5.41) is 5.48. The second-order valence-electron chi connectivity index (χ2n) is 7.18. The van der Waals surface area contributed by atoms with E-state index in [1.165, 1.54) is 0 Å². The highest BCUT2D eigenvalue weighted by atomic mass is 16.2. The number of nitrogens with zero attached hydrogens (tertiary/aromatic N) is 1. The third kappa shape index (κ3) is 4.13. The molecule has 2 amide bonds. The lowest BCUT2D eigenvalue weighted by molar-refractivity contribution is -0.122. The molecule has 0 aliphatic carbocycles. The summed E-state index contributed by atoms with van der Waals surface area (Å²) < 4.78 is 0. The van der Waals surface area contributed by atoms with Crippen molar-refractivity contribution in [3.8, 4) is 0 Å². The number of carbonyl (C=O) groups is 2. The van der Waals surface area contributed by atoms with E-state index < -0.39 is 0 Å². The fourth-order valence-corrected chi connectivity index (χ4v) is 3.04. The molecule has 2 unspecified atom stereocenters. The average Bonchev–Trinajstić information content (AvgIpc) is 2.56. The number of likely N-dealkylation sites (tertiary alicyclic amines) is 1. The van der Waals surface area contributed by atoms with Crippen molar-refractivity contribution >= 4 is 17.5 Å². The number of piperidine rings is 1. The minimum absolute atomic E-state index is 0.00801. The second-order valence-corrected chi connectivity index (χ2v) is 7.18. The molecule has 1 fully saturated rings. The van der Waals surface area contributed by atoms with Crippen molar-refractivity contribution in [3.63, 3.8) is 0 Å². The molecule has 1 aromatic rings. The van der Waals surface area contributed by atoms with Gasteiger partial charge in [-0.15, -0.1) is 0 Å². The van der Waals surface area contributed by atoms with Crippen LogP contribution in [0.1, 0.15) is 37.6 Å². The molecule has 0 radical (unpaired) electrons. The molecule has 1 heterocycles. The molecule has 2 rings (SSSR count). The van der Waals surface area contributed by atoms with Gasteiger partial charge < -0.3 is 16.4 Å². The van der Waals surface area contributed by atoms with Crippen molar-refractivity contribution in [2.45, 2.75) is 39.3 Å². The van der Waals surface area contributed by atoms with Crippen LogP contribution in [0, 0.1) is 5.41 Å². The summed E-state index contributed by atoms with van der Waals surface area (Å²) in [5.74, 6) is -0.249. The highest BCUT2D eigenvalue weighted by Gasteiger charge is 2.36. The largest absolute Gasteiger partial charge is 0.355 e. The van der Waals surface area contributed by atoms with Crippen molar-refractivity contribution in [2.24, 2.45) is 11.1 Å². The van der Waals surface area contributed by atoms with Crippen molar-refractivity contribution in [1.82, 2.24) is 10.2 Å². The first-order valence-corrected chi connectivity index (χ1v) is 8.37. The quantitative estimate of drug-likeness (QED) is 0.778. The van der Waals surface area contributed by atoms with E-state index in [0.29, 0.717) is 11.3 Å². The van der Waals surface area contributed by atoms with Crippen LogP contribution >= 0.6 is 0 Å². The van der Waals surface area contributed by atoms with Gasteiger partial charge in [0.05, 0.1) is 6.04 Å². The van der Waals surface area contributed by atoms with Crippen LogP contribution in [0.2, 0.25) is 0 Å². The molecular weight excluding hydrogens is 304 g/mol. The zero-order valence-corrected chi connectivity index (χ0v) is 14.9. The lowest BCUT2D eigenvalue weighted by Gasteiger charge is -2.44. The predicted octanol–water partition coefficient (Wildman–Crippen LogP) is 1.43. The number of nitrogens with one attached hydrogen (secondary N) is 2. The van der Waals surface area contributed by atoms with Crippen LogP contribution in [-0.4, -0.2) is 48.9 Å². The van der Waals surface area contributed by atoms with Gasteiger partial charge >= 0.3 is 0 Å². The van der Waals surface area contributed by atoms with Gasteiger partial charge in [-0.1, -0.05) is 19.9 Å². The Balaban J connectivity index is 2.03. The molecule has 1 aromatic carbocycles. The summed E-state index contributed by atoms with van der Waals surface area (Å²) in [4.78, 5) is 26.4. The maximum absolute atomic E-state index is 12.6. The normalized spacial score (nSPS) is 21.8. The summed E-state index contributed by atoms with van der Waals surface area (Å²) in [7, 11) is 1.58. The number of carbonyl (C=O) groups excluding carboxylic acids is 2. The summed E-state index contributed by atoms with van der Waals surface area (Å²) in [6, 6.07) is 6.85. The number of hydrogen-bond acceptors (Lipinski definition) is 4. The number of rotatable bonds is 4. The number of amides is 2. The molecule has 1 saturated heterocycles. The zero-order valence-electron chi connectivity index (χ0n) is 14.9. The molecule has 6 nitrogen and oxygen atoms in total. The fraction of sp³-hybridized carbons (Fsp3) is 0.556. The minimum atomic E-state index is -0.250. The number of nitrogens with two attached hydrogens (primary N) is 1. The Morgan fingerprint density at radius 3 is 2.71 bits per heavy atom. The van der Waals surface area contributed by atoms with Crippen LogP contribution in [0.5, 0.6) is 0 Å². The topological polar surface area (TPSA) is 87.5 Å². The van der Waals surface area contributed by atoms with Gasteiger partial charge in [0.15, 0.2) is 0 Å². The summed E-state index contributed by atoms with van der Waals surface area (Å²) in [6.07, 6.45) is 0.886. The highest BCUT2D eigenvalue weighted by Crippen LogP contribution is 2.29. The molecule has 4 N–H and O–H groups in total. The zero-order chi connectivity index (χ0) is 17.9. The van der Waals surface area contributed by atoms with Crippen molar-refractivity contribution in [2.75, 3.05) is 25.5 Å². The maximum Gasteiger partial charge on any atom is 0.251 e. The lowest BCUT2D eigenvalue weighted by Crippen LogP contribution is -2.56. The maximum atomic E-state index is 12.6. The van der Waals surface area contributed by atoms with E-state index in [1.54, 1.807) is 31.3 Å². The molecule has 2 atom stereocenters. The van der Waals surface area contributed by atoms with Crippen LogP contribution < -0.4 is 16.4 Å². The van der Waals surface area contributed by atoms with E-state index in [9.17, 15) is 9.59 Å². The lowest BCUT2D eigenvalue weighted by atomic mass is 9.79. The van der Waals surface area contributed by atoms with Crippen LogP contribution in [0.25, 0.3) is 0 Å². The molecule has 132 valence electrons. The monoisotopic (exact) mass is 332 g/mol. The van der Waals surface area contributed by atoms with Gasteiger partial charge in [0.25, 0.3) is 5.91 Å². The van der Waals surface area contributed by atoms with Gasteiger partial charge in [-0.25, -0.2) is 0 Å². The first-order chi connectivity index (χ1) is 11.2. The SMILES string of the molecule is CNC(=O)c1cccc(NC(=O)C(C)N2CCC(N)C(C)(C)C2)c1. The Morgan fingerprint density at radius 2 is 2.08 bits per heavy atom. The van der Waals surface area contributed by atoms with E-state index in [1.807, 2.05) is 6.92 Å². The van der Waals surface area contributed by atoms with Crippen molar-refractivity contribution in [1.29, 1.82) is 0 Å². The smallest absolute Gasteiger partial charge is 0.251 e. The number of anilines is 1. The van der Waals surface area contributed by atoms with Gasteiger partial charge in [0.1, 0.15) is 0 Å². The third-order valence-corrected chi connectivity index (χ3v) is 4.89. The molecule has 6 heteroatoms. The van der Waals surface area contributed by atoms with Gasteiger partial charge in [-0.2, -0.15) is 0 Å². The summed E-state index contributed by atoms with van der Waals surface area (Å²) in [5.41, 5.74) is 7.31. The standard InChI is InChI=1S/C18H28N4O2/c1-12(22-9-8-15(19)18(2,3)11-22)16(23)21-14-7-5-6-13(10-14)17(24)20-4/h5-7,10,12,15H,8-9,11,19H2,1-4H3,(H,20,24)(H,21,23). The summed E-state index contributed by atoms with van der Waals surface area (Å²) in [6.45, 7) is 7.80. The average molecular weight is 332 g/mol. The van der Waals surface area contributed by atoms with E-state index >= 15 is 0 Å². The molecule has 0 saturated carbocycles. The third-order valence-electron chi connectivity index (χ3n) is 4.89. The summed E-state index contributed by atoms with van der Waals surface area (Å²) >= 11 is 0. The van der Waals surface area contributed by atoms with Gasteiger partial charge in [-0.05, 0) is 37.0 Å². The van der Waals surface area contributed by atoms with Crippen LogP contribution in [-0.2, 0) is 4.79 Å². The van der Waals surface area contributed by atoms with Crippen molar-refractivity contribution in [3.05, 3.63) is 29.8 Å². The molecule has 1 aliphatic rings. The van der Waals surface area contributed by atoms with Gasteiger partial charge in [-0.3, -0.25) is 14.5 Å². The number of hydrogen-bond donors (Lipinski definition) is 3. The Hall–Kier alpha value is -1.92. The number of benzene rings is 1. The van der Waals surface area contributed by atoms with E-state index in [-0.39, 0.29) is 29.3 Å². The second kappa shape index (κ2) is 7.32. The van der Waals surface area contributed by atoms with Gasteiger partial charge in [0, 0.05) is 37.4 Å². The Labute approximate surface area is 143 Å². The van der Waals surface area contributed by atoms with Crippen LogP contribution in [0.4, 0.5) is 5.69 Å². The Bertz CT molecular complexity index is 615. The first-order valence-electron chi connectivity index (χ1n) is 8.37. The Kier molecular flexibility index (Phi) is 5.62. The highest BCUT2D eigenvalue weighted by molar-refractivity contribution is 5.98. The van der Waals surface area contributed by atoms with Crippen LogP contribution in [0.15, 0.2) is 24.3 Å². The van der Waals surface area contributed by atoms with E-state index in [4.69, 9.17) is 5.73 Å². The predicted molar refractivity (Wildman–Crippen MR) is 95.9 cm³/mol.